The third-order valence-corrected chi connectivity index (χ3v) is 3.78. The molecule has 1 aliphatic rings. The van der Waals surface area contributed by atoms with E-state index in [0.29, 0.717) is 6.04 Å². The second-order valence-corrected chi connectivity index (χ2v) is 5.04. The minimum Gasteiger partial charge on any atom is -0.494 e. The first-order valence-electron chi connectivity index (χ1n) is 6.90. The fraction of sp³-hybridized carbons (Fsp3) is 0.600. The molecule has 0 saturated carbocycles. The van der Waals surface area contributed by atoms with Gasteiger partial charge in [-0.15, -0.1) is 0 Å². The lowest BCUT2D eigenvalue weighted by Crippen LogP contribution is -2.37. The van der Waals surface area contributed by atoms with Gasteiger partial charge in [0.15, 0.2) is 0 Å². The van der Waals surface area contributed by atoms with Crippen LogP contribution in [0.3, 0.4) is 0 Å². The second-order valence-electron chi connectivity index (χ2n) is 5.04. The van der Waals surface area contributed by atoms with E-state index < -0.39 is 0 Å². The molecule has 2 rings (SSSR count). The zero-order chi connectivity index (χ0) is 12.8. The van der Waals surface area contributed by atoms with Gasteiger partial charge in [-0.3, -0.25) is 0 Å². The molecule has 0 aromatic heterocycles. The predicted molar refractivity (Wildman–Crippen MR) is 76.4 cm³/mol. The molecule has 1 unspecified atom stereocenters. The first-order chi connectivity index (χ1) is 8.79. The van der Waals surface area contributed by atoms with E-state index in [2.05, 4.69) is 17.3 Å². The first-order valence-corrected chi connectivity index (χ1v) is 6.90. The van der Waals surface area contributed by atoms with Gasteiger partial charge in [-0.05, 0) is 57.1 Å². The molecule has 1 aromatic carbocycles. The fourth-order valence-corrected chi connectivity index (χ4v) is 2.54. The Hall–Kier alpha value is -1.22. The summed E-state index contributed by atoms with van der Waals surface area (Å²) in [6.07, 6.45) is 5.16. The first kappa shape index (κ1) is 13.2. The molecule has 0 radical (unpaired) electrons. The third-order valence-electron chi connectivity index (χ3n) is 3.78. The van der Waals surface area contributed by atoms with Crippen molar-refractivity contribution in [3.05, 3.63) is 24.3 Å². The number of hydrogen-bond donors (Lipinski definition) is 1. The molecule has 3 nitrogen and oxygen atoms in total. The van der Waals surface area contributed by atoms with Gasteiger partial charge >= 0.3 is 0 Å². The number of anilines is 1. The molecule has 0 amide bonds. The quantitative estimate of drug-likeness (QED) is 0.867. The molecule has 0 spiro atoms. The summed E-state index contributed by atoms with van der Waals surface area (Å²) in [6, 6.07) is 8.84. The summed E-state index contributed by atoms with van der Waals surface area (Å²) in [5, 5.41) is 3.11. The number of hydrogen-bond acceptors (Lipinski definition) is 3. The van der Waals surface area contributed by atoms with Gasteiger partial charge in [-0.2, -0.15) is 0 Å². The smallest absolute Gasteiger partial charge is 0.119 e. The van der Waals surface area contributed by atoms with Crippen LogP contribution in [0.15, 0.2) is 24.3 Å². The van der Waals surface area contributed by atoms with Crippen LogP contribution in [-0.4, -0.2) is 38.2 Å². The molecule has 1 saturated heterocycles. The van der Waals surface area contributed by atoms with Gasteiger partial charge in [0.2, 0.25) is 0 Å². The summed E-state index contributed by atoms with van der Waals surface area (Å²) < 4.78 is 5.80. The monoisotopic (exact) mass is 248 g/mol. The molecule has 1 atom stereocenters. The Morgan fingerprint density at radius 2 is 2.06 bits per heavy atom. The lowest BCUT2D eigenvalue weighted by Gasteiger charge is -2.32. The van der Waals surface area contributed by atoms with Gasteiger partial charge in [-0.1, -0.05) is 6.42 Å². The van der Waals surface area contributed by atoms with Crippen LogP contribution in [-0.2, 0) is 0 Å². The van der Waals surface area contributed by atoms with Crippen LogP contribution in [0.5, 0.6) is 5.75 Å². The SMILES string of the molecule is CNc1ccc(OCCC2CCCCN2C)cc1. The van der Waals surface area contributed by atoms with E-state index in [4.69, 9.17) is 4.74 Å². The lowest BCUT2D eigenvalue weighted by atomic mass is 10.0. The van der Waals surface area contributed by atoms with Crippen molar-refractivity contribution in [1.29, 1.82) is 0 Å². The highest BCUT2D eigenvalue weighted by molar-refractivity contribution is 5.45. The third kappa shape index (κ3) is 3.64. The molecule has 1 N–H and O–H groups in total. The molecule has 3 heteroatoms. The van der Waals surface area contributed by atoms with Crippen LogP contribution >= 0.6 is 0 Å². The van der Waals surface area contributed by atoms with Crippen LogP contribution in [0.2, 0.25) is 0 Å². The Morgan fingerprint density at radius 1 is 1.28 bits per heavy atom. The normalized spacial score (nSPS) is 20.7. The highest BCUT2D eigenvalue weighted by Crippen LogP contribution is 2.19. The topological polar surface area (TPSA) is 24.5 Å². The van der Waals surface area contributed by atoms with Crippen molar-refractivity contribution in [1.82, 2.24) is 4.90 Å². The summed E-state index contributed by atoms with van der Waals surface area (Å²) >= 11 is 0. The number of rotatable bonds is 5. The number of benzene rings is 1. The standard InChI is InChI=1S/C15H24N2O/c1-16-13-6-8-15(9-7-13)18-12-10-14-5-3-4-11-17(14)2/h6-9,14,16H,3-5,10-12H2,1-2H3. The van der Waals surface area contributed by atoms with Crippen LogP contribution in [0, 0.1) is 0 Å². The summed E-state index contributed by atoms with van der Waals surface area (Å²) in [5.74, 6) is 0.965. The van der Waals surface area contributed by atoms with E-state index in [0.717, 1.165) is 24.5 Å². The van der Waals surface area contributed by atoms with Gasteiger partial charge < -0.3 is 15.0 Å². The van der Waals surface area contributed by atoms with Crippen molar-refractivity contribution >= 4 is 5.69 Å². The van der Waals surface area contributed by atoms with Gasteiger partial charge in [0.1, 0.15) is 5.75 Å². The largest absolute Gasteiger partial charge is 0.494 e. The maximum Gasteiger partial charge on any atom is 0.119 e. The number of nitrogens with zero attached hydrogens (tertiary/aromatic N) is 1. The molecule has 100 valence electrons. The molecule has 1 heterocycles. The number of nitrogens with one attached hydrogen (secondary N) is 1. The molecule has 1 fully saturated rings. The lowest BCUT2D eigenvalue weighted by molar-refractivity contribution is 0.153. The van der Waals surface area contributed by atoms with Gasteiger partial charge in [0, 0.05) is 18.8 Å². The Kier molecular flexibility index (Phi) is 4.88. The van der Waals surface area contributed by atoms with Crippen molar-refractivity contribution < 1.29 is 4.74 Å². The average molecular weight is 248 g/mol. The van der Waals surface area contributed by atoms with Crippen molar-refractivity contribution in [3.63, 3.8) is 0 Å². The van der Waals surface area contributed by atoms with Crippen LogP contribution in [0.4, 0.5) is 5.69 Å². The van der Waals surface area contributed by atoms with Gasteiger partial charge in [0.25, 0.3) is 0 Å². The highest BCUT2D eigenvalue weighted by atomic mass is 16.5. The van der Waals surface area contributed by atoms with Gasteiger partial charge in [0.05, 0.1) is 6.61 Å². The molecule has 0 aliphatic carbocycles. The van der Waals surface area contributed by atoms with E-state index >= 15 is 0 Å². The predicted octanol–water partition coefficient (Wildman–Crippen LogP) is 2.98. The van der Waals surface area contributed by atoms with E-state index in [1.165, 1.54) is 25.8 Å². The molecule has 1 aliphatic heterocycles. The maximum absolute atomic E-state index is 5.80. The molecular formula is C15H24N2O. The minimum absolute atomic E-state index is 0.704. The van der Waals surface area contributed by atoms with Crippen LogP contribution in [0.1, 0.15) is 25.7 Å². The number of likely N-dealkylation sites (tertiary alicyclic amines) is 1. The van der Waals surface area contributed by atoms with Crippen LogP contribution < -0.4 is 10.1 Å². The summed E-state index contributed by atoms with van der Waals surface area (Å²) in [7, 11) is 4.15. The number of ether oxygens (including phenoxy) is 1. The van der Waals surface area contributed by atoms with Crippen molar-refractivity contribution in [3.8, 4) is 5.75 Å². The Morgan fingerprint density at radius 3 is 2.72 bits per heavy atom. The fourth-order valence-electron chi connectivity index (χ4n) is 2.54. The van der Waals surface area contributed by atoms with Crippen molar-refractivity contribution in [2.45, 2.75) is 31.7 Å². The summed E-state index contributed by atoms with van der Waals surface area (Å²) in [4.78, 5) is 2.47. The Bertz CT molecular complexity index is 350. The highest BCUT2D eigenvalue weighted by Gasteiger charge is 2.18. The zero-order valence-corrected chi connectivity index (χ0v) is 11.5. The maximum atomic E-state index is 5.80. The average Bonchev–Trinajstić information content (AvgIpc) is 2.42. The molecule has 18 heavy (non-hydrogen) atoms. The van der Waals surface area contributed by atoms with Gasteiger partial charge in [-0.25, -0.2) is 0 Å². The zero-order valence-electron chi connectivity index (χ0n) is 11.5. The molecule has 1 aromatic rings. The summed E-state index contributed by atoms with van der Waals surface area (Å²) in [5.41, 5.74) is 1.12. The van der Waals surface area contributed by atoms with E-state index in [1.807, 2.05) is 31.3 Å². The Balaban J connectivity index is 1.73. The minimum atomic E-state index is 0.704. The van der Waals surface area contributed by atoms with Crippen molar-refractivity contribution in [2.75, 3.05) is 32.6 Å². The summed E-state index contributed by atoms with van der Waals surface area (Å²) in [6.45, 7) is 2.05. The van der Waals surface area contributed by atoms with E-state index in [-0.39, 0.29) is 0 Å². The molecular weight excluding hydrogens is 224 g/mol. The van der Waals surface area contributed by atoms with E-state index in [9.17, 15) is 0 Å². The Labute approximate surface area is 110 Å². The van der Waals surface area contributed by atoms with E-state index in [1.54, 1.807) is 0 Å². The van der Waals surface area contributed by atoms with Crippen LogP contribution in [0.25, 0.3) is 0 Å². The second kappa shape index (κ2) is 6.64. The van der Waals surface area contributed by atoms with Crippen molar-refractivity contribution in [2.24, 2.45) is 0 Å². The molecule has 0 bridgehead atoms. The number of piperidine rings is 1.